The van der Waals surface area contributed by atoms with Gasteiger partial charge < -0.3 is 9.52 Å². The Labute approximate surface area is 90.2 Å². The van der Waals surface area contributed by atoms with Crippen molar-refractivity contribution < 1.29 is 14.3 Å². The Morgan fingerprint density at radius 3 is 3.06 bits per heavy atom. The molecule has 0 spiro atoms. The van der Waals surface area contributed by atoms with Gasteiger partial charge in [0.1, 0.15) is 5.52 Å². The molecule has 0 fully saturated rings. The van der Waals surface area contributed by atoms with Gasteiger partial charge in [0.05, 0.1) is 11.6 Å². The highest BCUT2D eigenvalue weighted by molar-refractivity contribution is 5.85. The van der Waals surface area contributed by atoms with E-state index in [9.17, 15) is 4.79 Å². The first-order chi connectivity index (χ1) is 7.69. The van der Waals surface area contributed by atoms with Crippen LogP contribution in [0.1, 0.15) is 11.5 Å². The van der Waals surface area contributed by atoms with Gasteiger partial charge in [0.2, 0.25) is 5.89 Å². The minimum atomic E-state index is -1.07. The van der Waals surface area contributed by atoms with Crippen molar-refractivity contribution in [3.05, 3.63) is 35.7 Å². The molecule has 0 bridgehead atoms. The zero-order valence-electron chi connectivity index (χ0n) is 8.04. The summed E-state index contributed by atoms with van der Waals surface area (Å²) in [6, 6.07) is 6.80. The van der Waals surface area contributed by atoms with Crippen LogP contribution in [-0.4, -0.2) is 16.1 Å². The molecule has 5 heteroatoms. The van der Waals surface area contributed by atoms with Crippen molar-refractivity contribution in [3.63, 3.8) is 0 Å². The van der Waals surface area contributed by atoms with Crippen LogP contribution in [0.3, 0.4) is 0 Å². The van der Waals surface area contributed by atoms with Crippen LogP contribution in [0.25, 0.3) is 17.2 Å². The summed E-state index contributed by atoms with van der Waals surface area (Å²) < 4.78 is 5.25. The van der Waals surface area contributed by atoms with Crippen LogP contribution in [0.15, 0.2) is 28.7 Å². The first-order valence-corrected chi connectivity index (χ1v) is 4.41. The zero-order chi connectivity index (χ0) is 11.5. The molecule has 1 N–H and O–H groups in total. The lowest BCUT2D eigenvalue weighted by Gasteiger charge is -1.85. The molecule has 0 aliphatic heterocycles. The van der Waals surface area contributed by atoms with Gasteiger partial charge in [-0.3, -0.25) is 0 Å². The number of rotatable bonds is 2. The summed E-state index contributed by atoms with van der Waals surface area (Å²) in [6.45, 7) is 0. The third-order valence-electron chi connectivity index (χ3n) is 1.90. The second kappa shape index (κ2) is 3.87. The molecule has 1 heterocycles. The summed E-state index contributed by atoms with van der Waals surface area (Å²) in [5.41, 5.74) is 1.53. The Hall–Kier alpha value is -2.61. The first-order valence-electron chi connectivity index (χ1n) is 4.41. The van der Waals surface area contributed by atoms with Crippen LogP contribution >= 0.6 is 0 Å². The molecule has 0 aliphatic carbocycles. The van der Waals surface area contributed by atoms with Gasteiger partial charge >= 0.3 is 5.97 Å². The number of carbonyl (C=O) groups is 1. The van der Waals surface area contributed by atoms with E-state index in [1.165, 1.54) is 6.08 Å². The highest BCUT2D eigenvalue weighted by atomic mass is 16.4. The molecule has 1 aromatic carbocycles. The van der Waals surface area contributed by atoms with Gasteiger partial charge in [-0.2, -0.15) is 5.26 Å². The van der Waals surface area contributed by atoms with Crippen molar-refractivity contribution in [1.82, 2.24) is 4.98 Å². The van der Waals surface area contributed by atoms with Crippen molar-refractivity contribution in [2.45, 2.75) is 0 Å². The highest BCUT2D eigenvalue weighted by Crippen LogP contribution is 2.17. The van der Waals surface area contributed by atoms with E-state index in [0.29, 0.717) is 16.7 Å². The molecular formula is C11H6N2O3. The third kappa shape index (κ3) is 1.91. The van der Waals surface area contributed by atoms with Crippen LogP contribution in [0.5, 0.6) is 0 Å². The molecule has 78 valence electrons. The minimum absolute atomic E-state index is 0.201. The van der Waals surface area contributed by atoms with Crippen LogP contribution < -0.4 is 0 Å². The Morgan fingerprint density at radius 2 is 2.38 bits per heavy atom. The lowest BCUT2D eigenvalue weighted by molar-refractivity contribution is -0.131. The van der Waals surface area contributed by atoms with Gasteiger partial charge in [0.25, 0.3) is 0 Å². The predicted octanol–water partition coefficient (Wildman–Crippen LogP) is 1.80. The second-order valence-electron chi connectivity index (χ2n) is 3.02. The summed E-state index contributed by atoms with van der Waals surface area (Å²) in [5, 5.41) is 17.1. The number of carboxylic acid groups (broad SMARTS) is 1. The summed E-state index contributed by atoms with van der Waals surface area (Å²) in [5.74, 6) is -0.868. The fraction of sp³-hybridized carbons (Fsp3) is 0. The van der Waals surface area contributed by atoms with Gasteiger partial charge in [-0.25, -0.2) is 9.78 Å². The van der Waals surface area contributed by atoms with Crippen molar-refractivity contribution in [2.75, 3.05) is 0 Å². The molecule has 0 amide bonds. The maximum absolute atomic E-state index is 10.3. The molecule has 2 aromatic rings. The quantitative estimate of drug-likeness (QED) is 0.770. The number of aromatic nitrogens is 1. The van der Waals surface area contributed by atoms with E-state index in [-0.39, 0.29) is 5.89 Å². The highest BCUT2D eigenvalue weighted by Gasteiger charge is 2.04. The molecule has 0 saturated carbocycles. The van der Waals surface area contributed by atoms with E-state index in [4.69, 9.17) is 14.8 Å². The number of hydrogen-bond donors (Lipinski definition) is 1. The van der Waals surface area contributed by atoms with Gasteiger partial charge in [-0.15, -0.1) is 0 Å². The molecule has 0 radical (unpaired) electrons. The molecule has 0 atom stereocenters. The van der Waals surface area contributed by atoms with Crippen molar-refractivity contribution in [3.8, 4) is 6.07 Å². The Bertz CT molecular complexity index is 620. The fourth-order valence-corrected chi connectivity index (χ4v) is 1.23. The molecule has 0 aliphatic rings. The van der Waals surface area contributed by atoms with Crippen LogP contribution in [0.2, 0.25) is 0 Å². The molecule has 1 aromatic heterocycles. The zero-order valence-corrected chi connectivity index (χ0v) is 8.04. The van der Waals surface area contributed by atoms with E-state index < -0.39 is 5.97 Å². The fourth-order valence-electron chi connectivity index (χ4n) is 1.23. The number of oxazole rings is 1. The molecule has 0 saturated heterocycles. The Morgan fingerprint density at radius 1 is 1.56 bits per heavy atom. The Balaban J connectivity index is 2.45. The van der Waals surface area contributed by atoms with E-state index >= 15 is 0 Å². The smallest absolute Gasteiger partial charge is 0.328 e. The summed E-state index contributed by atoms with van der Waals surface area (Å²) in [7, 11) is 0. The lowest BCUT2D eigenvalue weighted by atomic mass is 10.2. The average Bonchev–Trinajstić information content (AvgIpc) is 2.67. The molecule has 16 heavy (non-hydrogen) atoms. The van der Waals surface area contributed by atoms with Gasteiger partial charge in [-0.05, 0) is 18.2 Å². The van der Waals surface area contributed by atoms with E-state index in [1.54, 1.807) is 18.2 Å². The third-order valence-corrected chi connectivity index (χ3v) is 1.90. The maximum atomic E-state index is 10.3. The van der Waals surface area contributed by atoms with Crippen LogP contribution in [-0.2, 0) is 4.79 Å². The number of aliphatic carboxylic acids is 1. The summed E-state index contributed by atoms with van der Waals surface area (Å²) >= 11 is 0. The summed E-state index contributed by atoms with van der Waals surface area (Å²) in [6.07, 6.45) is 2.20. The molecule has 2 rings (SSSR count). The second-order valence-corrected chi connectivity index (χ2v) is 3.02. The largest absolute Gasteiger partial charge is 0.478 e. The topological polar surface area (TPSA) is 87.1 Å². The molecule has 5 nitrogen and oxygen atoms in total. The molecule has 0 unspecified atom stereocenters. The van der Waals surface area contributed by atoms with Gasteiger partial charge in [0, 0.05) is 12.2 Å². The van der Waals surface area contributed by atoms with Crippen molar-refractivity contribution in [2.24, 2.45) is 0 Å². The normalized spacial score (nSPS) is 10.7. The monoisotopic (exact) mass is 214 g/mol. The van der Waals surface area contributed by atoms with Crippen LogP contribution in [0.4, 0.5) is 0 Å². The number of carboxylic acids is 1. The first kappa shape index (κ1) is 9.93. The average molecular weight is 214 g/mol. The molecular weight excluding hydrogens is 208 g/mol. The van der Waals surface area contributed by atoms with Crippen LogP contribution in [0, 0.1) is 11.3 Å². The minimum Gasteiger partial charge on any atom is -0.478 e. The maximum Gasteiger partial charge on any atom is 0.328 e. The standard InChI is InChI=1S/C11H6N2O3/c12-6-7-1-2-9-8(5-7)13-10(16-9)3-4-11(14)15/h1-5H,(H,14,15)/b4-3+. The Kier molecular flexibility index (Phi) is 2.40. The van der Waals surface area contributed by atoms with Crippen molar-refractivity contribution >= 4 is 23.1 Å². The van der Waals surface area contributed by atoms with E-state index in [1.807, 2.05) is 6.07 Å². The van der Waals surface area contributed by atoms with Gasteiger partial charge in [0.15, 0.2) is 5.58 Å². The SMILES string of the molecule is N#Cc1ccc2oc(/C=C/C(=O)O)nc2c1. The summed E-state index contributed by atoms with van der Waals surface area (Å²) in [4.78, 5) is 14.3. The number of benzene rings is 1. The number of nitriles is 1. The van der Waals surface area contributed by atoms with Gasteiger partial charge in [-0.1, -0.05) is 0 Å². The number of hydrogen-bond acceptors (Lipinski definition) is 4. The van der Waals surface area contributed by atoms with E-state index in [2.05, 4.69) is 4.98 Å². The number of nitrogens with zero attached hydrogens (tertiary/aromatic N) is 2. The predicted molar refractivity (Wildman–Crippen MR) is 55.4 cm³/mol. The van der Waals surface area contributed by atoms with E-state index in [0.717, 1.165) is 6.08 Å². The van der Waals surface area contributed by atoms with Crippen molar-refractivity contribution in [1.29, 1.82) is 5.26 Å². The number of fused-ring (bicyclic) bond motifs is 1. The lowest BCUT2D eigenvalue weighted by Crippen LogP contribution is -1.85.